The van der Waals surface area contributed by atoms with Crippen LogP contribution in [0.15, 0.2) is 328 Å². The third-order valence-electron chi connectivity index (χ3n) is 17.6. The van der Waals surface area contributed by atoms with Crippen LogP contribution in [0, 0.1) is 0 Å². The van der Waals surface area contributed by atoms with Crippen LogP contribution in [0.5, 0.6) is 17.2 Å². The molecule has 0 fully saturated rings. The molecule has 1 aromatic heterocycles. The highest BCUT2D eigenvalue weighted by Crippen LogP contribution is 2.33. The zero-order valence-electron chi connectivity index (χ0n) is 78.1. The number of nitrogen functional groups attached to an aromatic ring is 4. The van der Waals surface area contributed by atoms with Crippen molar-refractivity contribution in [3.05, 3.63) is 384 Å². The number of aromatic carboxylic acids is 4. The Morgan fingerprint density at radius 1 is 0.240 bits per heavy atom. The molecule has 47 nitrogen and oxygen atoms in total. The number of hydrogen-bond acceptors (Lipinski definition) is 37. The van der Waals surface area contributed by atoms with Crippen LogP contribution in [0.25, 0.3) is 0 Å². The first-order chi connectivity index (χ1) is 70.9. The Bertz CT molecular complexity index is 6550. The van der Waals surface area contributed by atoms with Gasteiger partial charge in [0.05, 0.1) is 78.4 Å². The number of benzene rings is 10. The maximum Gasteiger partial charge on any atom is 0.338 e. The van der Waals surface area contributed by atoms with E-state index in [4.69, 9.17) is 68.3 Å². The third-order valence-corrected chi connectivity index (χ3v) is 17.6. The van der Waals surface area contributed by atoms with E-state index in [-0.39, 0.29) is 63.1 Å². The summed E-state index contributed by atoms with van der Waals surface area (Å²) in [5.74, 6) is -13.9. The van der Waals surface area contributed by atoms with E-state index in [0.717, 1.165) is 87.7 Å². The molecule has 8 aliphatic heterocycles. The van der Waals surface area contributed by atoms with Crippen LogP contribution >= 0.6 is 0 Å². The number of phenols is 3. The molecule has 0 unspecified atom stereocenters. The molecule has 11 aromatic rings. The van der Waals surface area contributed by atoms with E-state index >= 15 is 0 Å². The number of nitrogens with zero attached hydrogens (tertiary/aromatic N) is 5. The Labute approximate surface area is 845 Å². The van der Waals surface area contributed by atoms with Gasteiger partial charge >= 0.3 is 83.6 Å². The summed E-state index contributed by atoms with van der Waals surface area (Å²) in [6.45, 7) is 4.53. The van der Waals surface area contributed by atoms with Gasteiger partial charge in [-0.1, -0.05) is 36.4 Å². The second-order valence-electron chi connectivity index (χ2n) is 28.7. The normalized spacial score (nSPS) is 12.8. The van der Waals surface area contributed by atoms with Gasteiger partial charge in [-0.25, -0.2) is 77.1 Å². The smallest absolute Gasteiger partial charge is 0.338 e. The van der Waals surface area contributed by atoms with E-state index in [9.17, 15) is 116 Å². The number of anilines is 8. The van der Waals surface area contributed by atoms with E-state index in [1.54, 1.807) is 146 Å². The van der Waals surface area contributed by atoms with E-state index in [2.05, 4.69) is 28.7 Å². The number of carbonyl (C=O) groups is 24. The molecule has 9 heterocycles. The van der Waals surface area contributed by atoms with Crippen molar-refractivity contribution in [3.8, 4) is 17.2 Å². The van der Waals surface area contributed by atoms with Crippen molar-refractivity contribution in [2.24, 2.45) is 0 Å². The lowest BCUT2D eigenvalue weighted by atomic mass is 10.1. The minimum atomic E-state index is -1.06. The molecule has 0 saturated heterocycles. The Hall–Kier alpha value is -22.3. The number of nitrogens with two attached hydrogens (primary N) is 4. The molecule has 0 atom stereocenters. The average Bonchev–Trinajstić information content (AvgIpc) is 1.63. The van der Waals surface area contributed by atoms with Crippen molar-refractivity contribution in [1.82, 2.24) is 4.98 Å². The van der Waals surface area contributed by atoms with Crippen LogP contribution in [-0.2, 0) is 90.8 Å². The van der Waals surface area contributed by atoms with Crippen LogP contribution in [-0.4, -0.2) is 194 Å². The molecule has 19 rings (SSSR count). The Balaban J connectivity index is 0.000000289. The van der Waals surface area contributed by atoms with Crippen LogP contribution in [0.4, 0.5) is 45.5 Å². The maximum atomic E-state index is 12.2. The number of rotatable bonds is 8. The van der Waals surface area contributed by atoms with Gasteiger partial charge in [-0.2, -0.15) is 0 Å². The summed E-state index contributed by atoms with van der Waals surface area (Å²) in [6, 6.07) is 65.1. The van der Waals surface area contributed by atoms with Crippen molar-refractivity contribution >= 4 is 188 Å². The fourth-order valence-electron chi connectivity index (χ4n) is 11.1. The number of aromatic nitrogens is 1. The number of pyridine rings is 1. The van der Waals surface area contributed by atoms with Crippen LogP contribution in [0.2, 0.25) is 0 Å². The number of ether oxygens (including phenoxy) is 5. The number of phenolic OH excluding ortho intramolecular Hbond substituents is 3. The summed E-state index contributed by atoms with van der Waals surface area (Å²) in [5, 5.41) is 76.4. The van der Waals surface area contributed by atoms with Crippen molar-refractivity contribution in [2.75, 3.05) is 42.5 Å². The number of fused-ring (bicyclic) bond motifs is 3. The fraction of sp³-hybridized carbons (Fsp3) is 0.0388. The molecule has 150 heavy (non-hydrogen) atoms. The first-order valence-corrected chi connectivity index (χ1v) is 41.8. The number of hydrogen-bond donors (Lipinski definition) is 13. The van der Waals surface area contributed by atoms with Gasteiger partial charge in [-0.3, -0.25) is 62.5 Å². The minimum Gasteiger partial charge on any atom is -0.508 e. The van der Waals surface area contributed by atoms with Crippen LogP contribution in [0.3, 0.4) is 0 Å². The first-order valence-electron chi connectivity index (χ1n) is 41.8. The van der Waals surface area contributed by atoms with Crippen LogP contribution < -0.4 is 42.5 Å². The van der Waals surface area contributed by atoms with Crippen molar-refractivity contribution in [3.63, 3.8) is 0 Å². The monoisotopic (exact) mass is 2050 g/mol. The fourth-order valence-corrected chi connectivity index (χ4v) is 11.1. The predicted octanol–water partition coefficient (Wildman–Crippen LogP) is 9.74. The maximum absolute atomic E-state index is 12.2. The van der Waals surface area contributed by atoms with Crippen molar-refractivity contribution in [1.29, 1.82) is 0 Å². The number of imide groups is 4. The van der Waals surface area contributed by atoms with Crippen molar-refractivity contribution in [2.45, 2.75) is 27.7 Å². The second kappa shape index (κ2) is 58.7. The molecule has 0 radical (unpaired) electrons. The quantitative estimate of drug-likeness (QED) is 0.0168. The Kier molecular flexibility index (Phi) is 46.3. The third kappa shape index (κ3) is 39.8. The summed E-state index contributed by atoms with van der Waals surface area (Å²) < 4.78 is 19.9. The molecule has 768 valence electrons. The molecule has 0 spiro atoms. The molecular weight excluding hydrogens is 1970 g/mol. The molecule has 0 aliphatic carbocycles. The summed E-state index contributed by atoms with van der Waals surface area (Å²) in [4.78, 5) is 263. The number of carboxylic acid groups (broad SMARTS) is 6. The lowest BCUT2D eigenvalue weighted by Crippen LogP contribution is -2.29. The summed E-state index contributed by atoms with van der Waals surface area (Å²) >= 11 is 0. The van der Waals surface area contributed by atoms with Gasteiger partial charge in [0.15, 0.2) is 0 Å². The molecule has 47 heteroatoms. The van der Waals surface area contributed by atoms with Gasteiger partial charge in [0.2, 0.25) is 0 Å². The zero-order valence-corrected chi connectivity index (χ0v) is 78.1. The number of aliphatic carboxylic acids is 2. The summed E-state index contributed by atoms with van der Waals surface area (Å²) in [5.41, 5.74) is 28.6. The van der Waals surface area contributed by atoms with Gasteiger partial charge in [-0.15, -0.1) is 0 Å². The lowest BCUT2D eigenvalue weighted by Gasteiger charge is -2.13. The molecule has 17 N–H and O–H groups in total. The number of aromatic hydroxyl groups is 3. The van der Waals surface area contributed by atoms with Crippen molar-refractivity contribution < 1.29 is 185 Å². The van der Waals surface area contributed by atoms with E-state index in [1.807, 2.05) is 0 Å². The van der Waals surface area contributed by atoms with Gasteiger partial charge in [0.1, 0.15) is 17.2 Å². The molecule has 10 aromatic carbocycles. The summed E-state index contributed by atoms with van der Waals surface area (Å²) in [6.07, 6.45) is 14.4. The first kappa shape index (κ1) is 118. The largest absolute Gasteiger partial charge is 0.508 e. The molecular formula is C103H83N9O38. The topological polar surface area (TPSA) is 768 Å². The van der Waals surface area contributed by atoms with Crippen LogP contribution in [0.1, 0.15) is 131 Å². The van der Waals surface area contributed by atoms with E-state index in [0.29, 0.717) is 73.2 Å². The molecule has 0 saturated carbocycles. The highest BCUT2D eigenvalue weighted by Gasteiger charge is 2.39. The van der Waals surface area contributed by atoms with E-state index in [1.165, 1.54) is 147 Å². The number of carbonyl (C=O) groups excluding carboxylic acids is 18. The van der Waals surface area contributed by atoms with E-state index < -0.39 is 119 Å². The number of cyclic esters (lactones) is 8. The van der Waals surface area contributed by atoms with Gasteiger partial charge in [0.25, 0.3) is 59.2 Å². The number of amides is 8. The van der Waals surface area contributed by atoms with Gasteiger partial charge < -0.3 is 92.6 Å². The summed E-state index contributed by atoms with van der Waals surface area (Å²) in [7, 11) is 0. The van der Waals surface area contributed by atoms with Gasteiger partial charge in [-0.05, 0) is 218 Å². The number of esters is 10. The Morgan fingerprint density at radius 3 is 0.560 bits per heavy atom. The average molecular weight is 2050 g/mol. The highest BCUT2D eigenvalue weighted by atomic mass is 16.6. The SMILES string of the molecule is CC(=O)O.CC(=O)O.CC(=O)OC(C)=O.Nc1ccc(C(=O)O)cc1.Nc1ccc(C(=O)O)cc1.Nc1ccc(O)cc1.Nc1ccncc1.O=C(O)c1ccc(N2C(=O)C=CC2=O)cc1.O=C(O)c1ccc(N2C(=O)c3ccccc3C2=O)cc1.O=C1C=CC(=O)O1.O=C1C=CC(=O)O1.O=C1C=CC(=O)O1.O=C1C=CC(=O)O1.O=C1c2ccccc2C(=O)N1c1ccc(O)cc1.O=C1c2ccccc2C(=O)N1c1ccc(O)cc1. The van der Waals surface area contributed by atoms with Gasteiger partial charge in [0, 0.05) is 124 Å². The second-order valence-corrected chi connectivity index (χ2v) is 28.7. The molecule has 8 amide bonds. The Morgan fingerprint density at radius 2 is 0.407 bits per heavy atom. The lowest BCUT2D eigenvalue weighted by molar-refractivity contribution is -0.157. The standard InChI is InChI=1S/C15H9NO4.2C14H9NO3.C11H7NO4.2C7H7NO2.C6H7NO.C5H6N2.4C4H2O3.C4H6O3.2C2H4O2/c17-13-11-3-1-2-4-12(11)14(18)16(13)10-7-5-9(6-8-10)15(19)20;2*16-10-7-5-9(6-8-10)15-13(17)11-3-1-2-4-12(11)14(15)18;13-9-5-6-10(14)12(9)8-3-1-7(2-4-8)11(15)16;2*8-6-3-1-5(2-4-6)7(9)10;7-5-1-3-6(8)4-2-5;6-5-1-3-7-4-2-5;4*5-3-1-2-4(6)7-3;1-3(5)7-4(2)6;2*1-2(3)4/h1-8H,(H,19,20);2*1-8,16H;1-6H,(H,15,16);2*1-4H,8H2,(H,9,10);1-4,8H,7H2;1-4H,(H2,6,7);4*1-2H;1-2H3;2*1H3,(H,3,4). The highest BCUT2D eigenvalue weighted by molar-refractivity contribution is 6.36. The number of carboxylic acids is 6. The predicted molar refractivity (Wildman–Crippen MR) is 524 cm³/mol. The molecule has 8 aliphatic rings. The zero-order chi connectivity index (χ0) is 112. The molecule has 0 bridgehead atoms. The minimum absolute atomic E-state index is 0.0929.